The van der Waals surface area contributed by atoms with Gasteiger partial charge in [-0.2, -0.15) is 0 Å². The highest BCUT2D eigenvalue weighted by Crippen LogP contribution is 2.19. The number of hydrogen-bond donors (Lipinski definition) is 1. The zero-order valence-electron chi connectivity index (χ0n) is 7.21. The fraction of sp³-hybridized carbons (Fsp3) is 0.222. The Balaban J connectivity index is 2.96. The summed E-state index contributed by atoms with van der Waals surface area (Å²) in [5.41, 5.74) is 0.250. The number of hydrogen-bond acceptors (Lipinski definition) is 2. The summed E-state index contributed by atoms with van der Waals surface area (Å²) in [6, 6.07) is 4.95. The second kappa shape index (κ2) is 4.23. The number of rotatable bonds is 3. The summed E-state index contributed by atoms with van der Waals surface area (Å²) in [6.45, 7) is -0.525. The van der Waals surface area contributed by atoms with Gasteiger partial charge in [0, 0.05) is 5.56 Å². The number of halogens is 2. The minimum atomic E-state index is -1.50. The molecular formula is C9H7BBrFO2. The minimum absolute atomic E-state index is 0.250. The summed E-state index contributed by atoms with van der Waals surface area (Å²) >= 11 is 2.89. The zero-order chi connectivity index (χ0) is 10.8. The largest absolute Gasteiger partial charge is 0.395 e. The Morgan fingerprint density at radius 2 is 2.00 bits per heavy atom. The topological polar surface area (TPSA) is 37.3 Å². The number of carbonyl (C=O) groups excluding carboxylic acids is 1. The lowest BCUT2D eigenvalue weighted by Crippen LogP contribution is -2.36. The normalized spacial score (nSPS) is 14.8. The fourth-order valence-corrected chi connectivity index (χ4v) is 1.14. The SMILES string of the molecule is [B]C(Br)(CO)C(=O)c1ccc(F)cc1. The molecule has 1 aromatic rings. The molecule has 0 saturated heterocycles. The molecule has 0 saturated carbocycles. The fourth-order valence-electron chi connectivity index (χ4n) is 0.913. The van der Waals surface area contributed by atoms with Crippen molar-refractivity contribution >= 4 is 29.6 Å². The van der Waals surface area contributed by atoms with E-state index in [0.29, 0.717) is 0 Å². The van der Waals surface area contributed by atoms with Crippen LogP contribution in [0.3, 0.4) is 0 Å². The molecule has 0 aliphatic carbocycles. The van der Waals surface area contributed by atoms with Crippen LogP contribution in [0.25, 0.3) is 0 Å². The molecule has 2 radical (unpaired) electrons. The second-order valence-corrected chi connectivity index (χ2v) is 4.27. The summed E-state index contributed by atoms with van der Waals surface area (Å²) in [5, 5.41) is 8.81. The Labute approximate surface area is 90.7 Å². The minimum Gasteiger partial charge on any atom is -0.395 e. The Morgan fingerprint density at radius 1 is 1.50 bits per heavy atom. The van der Waals surface area contributed by atoms with Gasteiger partial charge in [0.25, 0.3) is 0 Å². The van der Waals surface area contributed by atoms with E-state index >= 15 is 0 Å². The molecule has 0 aromatic heterocycles. The molecule has 5 heteroatoms. The Hall–Kier alpha value is -0.675. The Morgan fingerprint density at radius 3 is 2.43 bits per heavy atom. The predicted octanol–water partition coefficient (Wildman–Crippen LogP) is 1.26. The standard InChI is InChI=1S/C9H7BBrFO2/c10-9(11,5-13)8(14)6-1-3-7(12)4-2-6/h1-4,13H,5H2. The summed E-state index contributed by atoms with van der Waals surface area (Å²) in [4.78, 5) is 11.6. The van der Waals surface area contributed by atoms with Crippen LogP contribution in [0.15, 0.2) is 24.3 Å². The van der Waals surface area contributed by atoms with E-state index < -0.39 is 22.4 Å². The van der Waals surface area contributed by atoms with E-state index in [9.17, 15) is 9.18 Å². The van der Waals surface area contributed by atoms with Gasteiger partial charge >= 0.3 is 0 Å². The van der Waals surface area contributed by atoms with Gasteiger partial charge in [0.2, 0.25) is 0 Å². The van der Waals surface area contributed by atoms with Crippen molar-refractivity contribution in [3.63, 3.8) is 0 Å². The van der Waals surface area contributed by atoms with E-state index in [1.165, 1.54) is 12.1 Å². The molecule has 0 fully saturated rings. The third kappa shape index (κ3) is 2.42. The highest BCUT2D eigenvalue weighted by atomic mass is 79.9. The van der Waals surface area contributed by atoms with Crippen LogP contribution in [0.4, 0.5) is 4.39 Å². The Bertz CT molecular complexity index is 337. The van der Waals surface area contributed by atoms with Gasteiger partial charge in [-0.05, 0) is 24.3 Å². The second-order valence-electron chi connectivity index (χ2n) is 2.86. The molecule has 0 amide bonds. The van der Waals surface area contributed by atoms with E-state index in [2.05, 4.69) is 15.9 Å². The molecule has 1 aromatic carbocycles. The van der Waals surface area contributed by atoms with E-state index in [1.54, 1.807) is 0 Å². The number of Topliss-reactive ketones (excluding diaryl/α,β-unsaturated/α-hetero) is 1. The van der Waals surface area contributed by atoms with Crippen LogP contribution in [-0.2, 0) is 0 Å². The quantitative estimate of drug-likeness (QED) is 0.502. The molecule has 1 unspecified atom stereocenters. The maximum absolute atomic E-state index is 12.5. The number of ketones is 1. The number of alkyl halides is 1. The van der Waals surface area contributed by atoms with Gasteiger partial charge < -0.3 is 5.11 Å². The molecule has 1 rings (SSSR count). The molecule has 1 atom stereocenters. The van der Waals surface area contributed by atoms with Crippen LogP contribution >= 0.6 is 15.9 Å². The third-order valence-corrected chi connectivity index (χ3v) is 2.32. The highest BCUT2D eigenvalue weighted by Gasteiger charge is 2.29. The van der Waals surface area contributed by atoms with Crippen molar-refractivity contribution in [1.82, 2.24) is 0 Å². The van der Waals surface area contributed by atoms with Crippen molar-refractivity contribution in [2.75, 3.05) is 6.61 Å². The number of benzene rings is 1. The van der Waals surface area contributed by atoms with E-state index in [1.807, 2.05) is 0 Å². The number of aliphatic hydroxyl groups excluding tert-OH is 1. The van der Waals surface area contributed by atoms with Gasteiger partial charge in [-0.15, -0.1) is 0 Å². The monoisotopic (exact) mass is 256 g/mol. The molecule has 2 nitrogen and oxygen atoms in total. The van der Waals surface area contributed by atoms with Gasteiger partial charge in [0.1, 0.15) is 13.7 Å². The van der Waals surface area contributed by atoms with Gasteiger partial charge in [-0.3, -0.25) is 4.79 Å². The summed E-state index contributed by atoms with van der Waals surface area (Å²) in [6.07, 6.45) is 0. The first kappa shape index (κ1) is 11.4. The van der Waals surface area contributed by atoms with Crippen LogP contribution < -0.4 is 0 Å². The first-order chi connectivity index (χ1) is 6.47. The van der Waals surface area contributed by atoms with Gasteiger partial charge in [-0.1, -0.05) is 15.9 Å². The lowest BCUT2D eigenvalue weighted by molar-refractivity contribution is 0.0949. The summed E-state index contributed by atoms with van der Waals surface area (Å²) < 4.78 is 11.0. The molecule has 0 spiro atoms. The van der Waals surface area contributed by atoms with Crippen molar-refractivity contribution in [2.24, 2.45) is 0 Å². The molecule has 0 aliphatic rings. The van der Waals surface area contributed by atoms with Gasteiger partial charge in [0.05, 0.1) is 10.8 Å². The summed E-state index contributed by atoms with van der Waals surface area (Å²) in [7, 11) is 5.45. The lowest BCUT2D eigenvalue weighted by atomic mass is 9.81. The molecule has 0 aliphatic heterocycles. The van der Waals surface area contributed by atoms with Crippen LogP contribution in [0, 0.1) is 5.82 Å². The van der Waals surface area contributed by atoms with Gasteiger partial charge in [0.15, 0.2) is 5.78 Å². The maximum atomic E-state index is 12.5. The van der Waals surface area contributed by atoms with Crippen molar-refractivity contribution in [1.29, 1.82) is 0 Å². The van der Waals surface area contributed by atoms with E-state index in [-0.39, 0.29) is 5.56 Å². The Kier molecular flexibility index (Phi) is 3.45. The molecule has 72 valence electrons. The predicted molar refractivity (Wildman–Crippen MR) is 55.2 cm³/mol. The third-order valence-electron chi connectivity index (χ3n) is 1.71. The van der Waals surface area contributed by atoms with Crippen LogP contribution in [0.5, 0.6) is 0 Å². The maximum Gasteiger partial charge on any atom is 0.172 e. The van der Waals surface area contributed by atoms with Crippen LogP contribution in [0.1, 0.15) is 10.4 Å². The van der Waals surface area contributed by atoms with Crippen LogP contribution in [0.2, 0.25) is 0 Å². The van der Waals surface area contributed by atoms with Crippen molar-refractivity contribution in [3.8, 4) is 0 Å². The first-order valence-corrected chi connectivity index (χ1v) is 4.65. The van der Waals surface area contributed by atoms with E-state index in [0.717, 1.165) is 12.1 Å². The summed E-state index contributed by atoms with van der Waals surface area (Å²) in [5.74, 6) is -0.914. The molecule has 1 N–H and O–H groups in total. The highest BCUT2D eigenvalue weighted by molar-refractivity contribution is 9.10. The lowest BCUT2D eigenvalue weighted by Gasteiger charge is -2.18. The molecule has 0 heterocycles. The number of aliphatic hydroxyl groups is 1. The van der Waals surface area contributed by atoms with E-state index in [4.69, 9.17) is 13.0 Å². The smallest absolute Gasteiger partial charge is 0.172 e. The van der Waals surface area contributed by atoms with Crippen molar-refractivity contribution in [3.05, 3.63) is 35.6 Å². The average molecular weight is 257 g/mol. The van der Waals surface area contributed by atoms with Crippen molar-refractivity contribution < 1.29 is 14.3 Å². The molecule has 0 bridgehead atoms. The van der Waals surface area contributed by atoms with Gasteiger partial charge in [-0.25, -0.2) is 4.39 Å². The number of carbonyl (C=O) groups is 1. The molecule has 14 heavy (non-hydrogen) atoms. The van der Waals surface area contributed by atoms with Crippen molar-refractivity contribution in [2.45, 2.75) is 4.22 Å². The zero-order valence-corrected chi connectivity index (χ0v) is 8.79. The first-order valence-electron chi connectivity index (χ1n) is 3.86. The van der Waals surface area contributed by atoms with Crippen LogP contribution in [-0.4, -0.2) is 29.6 Å². The molecular weight excluding hydrogens is 250 g/mol. The average Bonchev–Trinajstić information content (AvgIpc) is 2.18.